The van der Waals surface area contributed by atoms with Crippen LogP contribution in [0.2, 0.25) is 0 Å². The van der Waals surface area contributed by atoms with Crippen LogP contribution in [0.25, 0.3) is 11.0 Å². The van der Waals surface area contributed by atoms with Crippen LogP contribution in [0, 0.1) is 6.92 Å². The van der Waals surface area contributed by atoms with E-state index >= 15 is 0 Å². The molecule has 0 spiro atoms. The zero-order valence-electron chi connectivity index (χ0n) is 11.9. The highest BCUT2D eigenvalue weighted by Gasteiger charge is 2.10. The summed E-state index contributed by atoms with van der Waals surface area (Å²) in [6, 6.07) is 13.2. The van der Waals surface area contributed by atoms with Crippen molar-refractivity contribution in [1.82, 2.24) is 9.97 Å². The fourth-order valence-electron chi connectivity index (χ4n) is 2.37. The van der Waals surface area contributed by atoms with Gasteiger partial charge in [-0.25, -0.2) is 13.4 Å². The van der Waals surface area contributed by atoms with Crippen molar-refractivity contribution in [3.05, 3.63) is 59.4 Å². The van der Waals surface area contributed by atoms with Crippen LogP contribution in [-0.2, 0) is 16.3 Å². The molecule has 4 nitrogen and oxygen atoms in total. The Labute approximate surface area is 123 Å². The molecular weight excluding hydrogens is 284 g/mol. The minimum absolute atomic E-state index is 0.306. The molecule has 2 aromatic carbocycles. The molecule has 0 atom stereocenters. The third kappa shape index (κ3) is 2.97. The number of aromatic nitrogens is 2. The molecule has 0 aliphatic carbocycles. The third-order valence-electron chi connectivity index (χ3n) is 3.38. The van der Waals surface area contributed by atoms with Gasteiger partial charge < -0.3 is 4.98 Å². The van der Waals surface area contributed by atoms with Crippen molar-refractivity contribution in [2.75, 3.05) is 6.26 Å². The van der Waals surface area contributed by atoms with Gasteiger partial charge in [0.25, 0.3) is 0 Å². The summed E-state index contributed by atoms with van der Waals surface area (Å²) < 4.78 is 23.2. The molecule has 108 valence electrons. The number of sulfone groups is 1. The summed E-state index contributed by atoms with van der Waals surface area (Å²) in [4.78, 5) is 8.02. The molecule has 0 fully saturated rings. The van der Waals surface area contributed by atoms with Gasteiger partial charge in [0.1, 0.15) is 5.82 Å². The maximum Gasteiger partial charge on any atom is 0.175 e. The zero-order valence-corrected chi connectivity index (χ0v) is 12.7. The van der Waals surface area contributed by atoms with Crippen LogP contribution in [0.3, 0.4) is 0 Å². The van der Waals surface area contributed by atoms with E-state index in [0.29, 0.717) is 11.3 Å². The molecule has 0 amide bonds. The highest BCUT2D eigenvalue weighted by atomic mass is 32.2. The average molecular weight is 300 g/mol. The van der Waals surface area contributed by atoms with Crippen molar-refractivity contribution >= 4 is 20.9 Å². The molecule has 0 saturated heterocycles. The normalized spacial score (nSPS) is 11.9. The van der Waals surface area contributed by atoms with E-state index in [-0.39, 0.29) is 0 Å². The van der Waals surface area contributed by atoms with E-state index in [1.165, 1.54) is 17.4 Å². The molecule has 0 unspecified atom stereocenters. The summed E-state index contributed by atoms with van der Waals surface area (Å²) in [5.41, 5.74) is 3.92. The maximum absolute atomic E-state index is 11.6. The molecule has 3 aromatic rings. The fourth-order valence-corrected chi connectivity index (χ4v) is 3.02. The minimum atomic E-state index is -3.20. The Balaban J connectivity index is 1.98. The Morgan fingerprint density at radius 3 is 2.67 bits per heavy atom. The first kappa shape index (κ1) is 13.8. The van der Waals surface area contributed by atoms with Crippen LogP contribution in [-0.4, -0.2) is 24.6 Å². The number of H-pyrrole nitrogens is 1. The second-order valence-corrected chi connectivity index (χ2v) is 7.32. The number of aryl methyl sites for hydroxylation is 1. The van der Waals surface area contributed by atoms with Gasteiger partial charge in [-0.15, -0.1) is 0 Å². The van der Waals surface area contributed by atoms with Crippen molar-refractivity contribution in [2.45, 2.75) is 18.2 Å². The van der Waals surface area contributed by atoms with Gasteiger partial charge in [-0.3, -0.25) is 0 Å². The lowest BCUT2D eigenvalue weighted by Crippen LogP contribution is -1.96. The molecular formula is C16H16N2O2S. The number of hydrogen-bond donors (Lipinski definition) is 1. The second-order valence-electron chi connectivity index (χ2n) is 5.30. The molecule has 21 heavy (non-hydrogen) atoms. The number of benzene rings is 2. The summed E-state index contributed by atoms with van der Waals surface area (Å²) >= 11 is 0. The number of aromatic amines is 1. The Morgan fingerprint density at radius 1 is 1.14 bits per heavy atom. The van der Waals surface area contributed by atoms with E-state index in [2.05, 4.69) is 35.1 Å². The Kier molecular flexibility index (Phi) is 3.29. The van der Waals surface area contributed by atoms with Gasteiger partial charge in [-0.2, -0.15) is 0 Å². The van der Waals surface area contributed by atoms with Gasteiger partial charge in [0.15, 0.2) is 9.84 Å². The van der Waals surface area contributed by atoms with E-state index in [1.807, 2.05) is 6.07 Å². The SMILES string of the molecule is Cc1cccc(Cc2nc3ccc(S(C)(=O)=O)cc3[nH]2)c1. The molecule has 0 aliphatic rings. The largest absolute Gasteiger partial charge is 0.342 e. The summed E-state index contributed by atoms with van der Waals surface area (Å²) in [6.07, 6.45) is 1.91. The predicted molar refractivity (Wildman–Crippen MR) is 83.2 cm³/mol. The van der Waals surface area contributed by atoms with Crippen molar-refractivity contribution in [1.29, 1.82) is 0 Å². The summed E-state index contributed by atoms with van der Waals surface area (Å²) in [5.74, 6) is 0.834. The average Bonchev–Trinajstić information content (AvgIpc) is 2.78. The number of nitrogens with zero attached hydrogens (tertiary/aromatic N) is 1. The summed E-state index contributed by atoms with van der Waals surface area (Å²) in [6.45, 7) is 2.06. The standard InChI is InChI=1S/C16H16N2O2S/c1-11-4-3-5-12(8-11)9-16-17-14-7-6-13(21(2,19)20)10-15(14)18-16/h3-8,10H,9H2,1-2H3,(H,17,18). The highest BCUT2D eigenvalue weighted by Crippen LogP contribution is 2.19. The second kappa shape index (κ2) is 5.00. The van der Waals surface area contributed by atoms with Gasteiger partial charge in [-0.05, 0) is 30.7 Å². The molecule has 0 saturated carbocycles. The lowest BCUT2D eigenvalue weighted by atomic mass is 10.1. The van der Waals surface area contributed by atoms with Crippen molar-refractivity contribution in [2.24, 2.45) is 0 Å². The molecule has 1 N–H and O–H groups in total. The van der Waals surface area contributed by atoms with Gasteiger partial charge >= 0.3 is 0 Å². The van der Waals surface area contributed by atoms with E-state index in [9.17, 15) is 8.42 Å². The number of fused-ring (bicyclic) bond motifs is 1. The van der Waals surface area contributed by atoms with Crippen LogP contribution in [0.15, 0.2) is 47.4 Å². The van der Waals surface area contributed by atoms with Crippen LogP contribution in [0.4, 0.5) is 0 Å². The van der Waals surface area contributed by atoms with Crippen molar-refractivity contribution < 1.29 is 8.42 Å². The summed E-state index contributed by atoms with van der Waals surface area (Å²) in [5, 5.41) is 0. The smallest absolute Gasteiger partial charge is 0.175 e. The first-order chi connectivity index (χ1) is 9.91. The van der Waals surface area contributed by atoms with Gasteiger partial charge in [0, 0.05) is 12.7 Å². The van der Waals surface area contributed by atoms with Crippen molar-refractivity contribution in [3.8, 4) is 0 Å². The predicted octanol–water partition coefficient (Wildman–Crippen LogP) is 2.87. The molecule has 1 heterocycles. The van der Waals surface area contributed by atoms with E-state index < -0.39 is 9.84 Å². The monoisotopic (exact) mass is 300 g/mol. The number of rotatable bonds is 3. The van der Waals surface area contributed by atoms with Crippen molar-refractivity contribution in [3.63, 3.8) is 0 Å². The van der Waals surface area contributed by atoms with E-state index in [0.717, 1.165) is 16.9 Å². The van der Waals surface area contributed by atoms with Crippen LogP contribution >= 0.6 is 0 Å². The first-order valence-electron chi connectivity index (χ1n) is 6.66. The Bertz CT molecular complexity index is 911. The van der Waals surface area contributed by atoms with Crippen LogP contribution in [0.1, 0.15) is 17.0 Å². The lowest BCUT2D eigenvalue weighted by Gasteiger charge is -1.99. The maximum atomic E-state index is 11.6. The van der Waals surface area contributed by atoms with Gasteiger partial charge in [0.05, 0.1) is 15.9 Å². The number of nitrogens with one attached hydrogen (secondary N) is 1. The van der Waals surface area contributed by atoms with Crippen LogP contribution < -0.4 is 0 Å². The highest BCUT2D eigenvalue weighted by molar-refractivity contribution is 7.90. The van der Waals surface area contributed by atoms with E-state index in [1.54, 1.807) is 18.2 Å². The topological polar surface area (TPSA) is 62.8 Å². The third-order valence-corrected chi connectivity index (χ3v) is 4.49. The number of imidazole rings is 1. The quantitative estimate of drug-likeness (QED) is 0.809. The molecule has 0 aliphatic heterocycles. The van der Waals surface area contributed by atoms with Gasteiger partial charge in [0.2, 0.25) is 0 Å². The lowest BCUT2D eigenvalue weighted by molar-refractivity contribution is 0.602. The van der Waals surface area contributed by atoms with Crippen LogP contribution in [0.5, 0.6) is 0 Å². The number of hydrogen-bond acceptors (Lipinski definition) is 3. The fraction of sp³-hybridized carbons (Fsp3) is 0.188. The Morgan fingerprint density at radius 2 is 1.95 bits per heavy atom. The van der Waals surface area contributed by atoms with Gasteiger partial charge in [-0.1, -0.05) is 29.8 Å². The minimum Gasteiger partial charge on any atom is -0.342 e. The molecule has 0 bridgehead atoms. The molecule has 1 aromatic heterocycles. The zero-order chi connectivity index (χ0) is 15.0. The first-order valence-corrected chi connectivity index (χ1v) is 8.55. The molecule has 3 rings (SSSR count). The van der Waals surface area contributed by atoms with E-state index in [4.69, 9.17) is 0 Å². The molecule has 0 radical (unpaired) electrons. The Hall–Kier alpha value is -2.14. The summed E-state index contributed by atoms with van der Waals surface area (Å²) in [7, 11) is -3.20. The molecule has 5 heteroatoms.